The lowest BCUT2D eigenvalue weighted by molar-refractivity contribution is -0.126. The van der Waals surface area contributed by atoms with Crippen LogP contribution in [0.15, 0.2) is 30.3 Å². The van der Waals surface area contributed by atoms with E-state index in [1.807, 2.05) is 35.3 Å². The molecule has 1 atom stereocenters. The van der Waals surface area contributed by atoms with Crippen molar-refractivity contribution in [1.82, 2.24) is 5.43 Å². The summed E-state index contributed by atoms with van der Waals surface area (Å²) in [4.78, 5) is 11.9. The SMILES string of the molecule is CCCCC1CCN(c2ccccc2)NC1=O. The summed E-state index contributed by atoms with van der Waals surface area (Å²) >= 11 is 0. The van der Waals surface area contributed by atoms with Crippen molar-refractivity contribution in [2.75, 3.05) is 11.6 Å². The van der Waals surface area contributed by atoms with E-state index in [2.05, 4.69) is 12.3 Å². The molecule has 1 amide bonds. The van der Waals surface area contributed by atoms with Crippen LogP contribution in [0.5, 0.6) is 0 Å². The van der Waals surface area contributed by atoms with Crippen LogP contribution in [0.2, 0.25) is 0 Å². The average molecular weight is 232 g/mol. The van der Waals surface area contributed by atoms with Gasteiger partial charge in [0, 0.05) is 12.5 Å². The van der Waals surface area contributed by atoms with Crippen molar-refractivity contribution in [3.05, 3.63) is 30.3 Å². The molecule has 1 aliphatic heterocycles. The molecule has 0 saturated carbocycles. The van der Waals surface area contributed by atoms with Crippen LogP contribution in [0, 0.1) is 5.92 Å². The Kier molecular flexibility index (Phi) is 4.02. The molecule has 92 valence electrons. The Labute approximate surface area is 103 Å². The van der Waals surface area contributed by atoms with Crippen LogP contribution < -0.4 is 10.4 Å². The van der Waals surface area contributed by atoms with Crippen molar-refractivity contribution in [2.24, 2.45) is 5.92 Å². The molecule has 3 heteroatoms. The van der Waals surface area contributed by atoms with Gasteiger partial charge >= 0.3 is 0 Å². The lowest BCUT2D eigenvalue weighted by Gasteiger charge is -2.33. The minimum atomic E-state index is 0.175. The van der Waals surface area contributed by atoms with Crippen LogP contribution in [0.4, 0.5) is 5.69 Å². The van der Waals surface area contributed by atoms with E-state index in [0.717, 1.165) is 37.9 Å². The fraction of sp³-hybridized carbons (Fsp3) is 0.500. The molecule has 2 rings (SSSR count). The zero-order valence-corrected chi connectivity index (χ0v) is 10.4. The van der Waals surface area contributed by atoms with Gasteiger partial charge in [0.1, 0.15) is 0 Å². The molecule has 3 nitrogen and oxygen atoms in total. The van der Waals surface area contributed by atoms with Crippen LogP contribution in [0.25, 0.3) is 0 Å². The Morgan fingerprint density at radius 3 is 2.76 bits per heavy atom. The van der Waals surface area contributed by atoms with E-state index in [0.29, 0.717) is 0 Å². The fourth-order valence-electron chi connectivity index (χ4n) is 2.22. The van der Waals surface area contributed by atoms with Crippen LogP contribution in [-0.2, 0) is 4.79 Å². The number of unbranched alkanes of at least 4 members (excludes halogenated alkanes) is 1. The first-order valence-electron chi connectivity index (χ1n) is 6.44. The minimum Gasteiger partial charge on any atom is -0.286 e. The van der Waals surface area contributed by atoms with Crippen LogP contribution in [0.3, 0.4) is 0 Å². The third kappa shape index (κ3) is 2.99. The monoisotopic (exact) mass is 232 g/mol. The maximum absolute atomic E-state index is 11.9. The van der Waals surface area contributed by atoms with Gasteiger partial charge in [0.05, 0.1) is 5.69 Å². The van der Waals surface area contributed by atoms with E-state index < -0.39 is 0 Å². The maximum atomic E-state index is 11.9. The first kappa shape index (κ1) is 12.0. The fourth-order valence-corrected chi connectivity index (χ4v) is 2.22. The Bertz CT molecular complexity index is 364. The molecule has 1 saturated heterocycles. The zero-order chi connectivity index (χ0) is 12.1. The number of hydrazine groups is 1. The minimum absolute atomic E-state index is 0.175. The summed E-state index contributed by atoms with van der Waals surface area (Å²) < 4.78 is 0. The molecule has 0 spiro atoms. The second-order valence-electron chi connectivity index (χ2n) is 4.59. The van der Waals surface area contributed by atoms with Crippen LogP contribution >= 0.6 is 0 Å². The summed E-state index contributed by atoms with van der Waals surface area (Å²) in [6, 6.07) is 10.0. The van der Waals surface area contributed by atoms with Crippen molar-refractivity contribution in [2.45, 2.75) is 32.6 Å². The summed E-state index contributed by atoms with van der Waals surface area (Å²) in [6.45, 7) is 3.07. The highest BCUT2D eigenvalue weighted by molar-refractivity contribution is 5.81. The molecular formula is C14H20N2O. The van der Waals surface area contributed by atoms with Crippen molar-refractivity contribution in [3.8, 4) is 0 Å². The van der Waals surface area contributed by atoms with Gasteiger partial charge in [-0.3, -0.25) is 15.2 Å². The molecule has 0 radical (unpaired) electrons. The van der Waals surface area contributed by atoms with Gasteiger partial charge in [-0.15, -0.1) is 0 Å². The van der Waals surface area contributed by atoms with E-state index in [1.165, 1.54) is 0 Å². The number of benzene rings is 1. The predicted octanol–water partition coefficient (Wildman–Crippen LogP) is 2.73. The Morgan fingerprint density at radius 1 is 1.35 bits per heavy atom. The summed E-state index contributed by atoms with van der Waals surface area (Å²) in [6.07, 6.45) is 4.28. The van der Waals surface area contributed by atoms with Gasteiger partial charge in [0.15, 0.2) is 0 Å². The number of amides is 1. The summed E-state index contributed by atoms with van der Waals surface area (Å²) in [7, 11) is 0. The number of hydrogen-bond acceptors (Lipinski definition) is 2. The van der Waals surface area contributed by atoms with E-state index >= 15 is 0 Å². The highest BCUT2D eigenvalue weighted by atomic mass is 16.2. The molecule has 0 bridgehead atoms. The van der Waals surface area contributed by atoms with Gasteiger partial charge in [-0.05, 0) is 25.0 Å². The first-order valence-corrected chi connectivity index (χ1v) is 6.44. The van der Waals surface area contributed by atoms with E-state index in [-0.39, 0.29) is 11.8 Å². The normalized spacial score (nSPS) is 20.2. The van der Waals surface area contributed by atoms with Gasteiger partial charge in [-0.1, -0.05) is 38.0 Å². The number of anilines is 1. The van der Waals surface area contributed by atoms with E-state index in [9.17, 15) is 4.79 Å². The van der Waals surface area contributed by atoms with E-state index in [1.54, 1.807) is 0 Å². The van der Waals surface area contributed by atoms with Gasteiger partial charge in [0.25, 0.3) is 0 Å². The molecule has 1 heterocycles. The van der Waals surface area contributed by atoms with Crippen molar-refractivity contribution < 1.29 is 4.79 Å². The average Bonchev–Trinajstić information content (AvgIpc) is 2.38. The summed E-state index contributed by atoms with van der Waals surface area (Å²) in [5, 5.41) is 1.95. The molecule has 1 unspecified atom stereocenters. The standard InChI is InChI=1S/C14H20N2O/c1-2-3-7-12-10-11-16(15-14(12)17)13-8-5-4-6-9-13/h4-6,8-9,12H,2-3,7,10-11H2,1H3,(H,15,17). The highest BCUT2D eigenvalue weighted by Crippen LogP contribution is 2.21. The number of rotatable bonds is 4. The third-order valence-electron chi connectivity index (χ3n) is 3.29. The van der Waals surface area contributed by atoms with Crippen molar-refractivity contribution >= 4 is 11.6 Å². The molecule has 1 fully saturated rings. The number of para-hydroxylation sites is 1. The molecule has 1 aromatic rings. The smallest absolute Gasteiger partial charge is 0.241 e. The van der Waals surface area contributed by atoms with Gasteiger partial charge in [0.2, 0.25) is 5.91 Å². The number of nitrogens with zero attached hydrogens (tertiary/aromatic N) is 1. The predicted molar refractivity (Wildman–Crippen MR) is 69.6 cm³/mol. The summed E-state index contributed by atoms with van der Waals surface area (Å²) in [5.74, 6) is 0.378. The molecule has 1 aromatic carbocycles. The van der Waals surface area contributed by atoms with Crippen molar-refractivity contribution in [3.63, 3.8) is 0 Å². The number of nitrogens with one attached hydrogen (secondary N) is 1. The zero-order valence-electron chi connectivity index (χ0n) is 10.4. The quantitative estimate of drug-likeness (QED) is 0.865. The number of hydrogen-bond donors (Lipinski definition) is 1. The Balaban J connectivity index is 1.93. The lowest BCUT2D eigenvalue weighted by Crippen LogP contribution is -2.51. The number of carbonyl (C=O) groups is 1. The Hall–Kier alpha value is -1.51. The number of carbonyl (C=O) groups excluding carboxylic acids is 1. The van der Waals surface area contributed by atoms with E-state index in [4.69, 9.17) is 0 Å². The molecule has 1 aliphatic rings. The molecule has 17 heavy (non-hydrogen) atoms. The van der Waals surface area contributed by atoms with Gasteiger partial charge < -0.3 is 0 Å². The largest absolute Gasteiger partial charge is 0.286 e. The van der Waals surface area contributed by atoms with Crippen LogP contribution in [-0.4, -0.2) is 12.5 Å². The molecular weight excluding hydrogens is 212 g/mol. The molecule has 1 N–H and O–H groups in total. The van der Waals surface area contributed by atoms with Crippen molar-refractivity contribution in [1.29, 1.82) is 0 Å². The summed E-state index contributed by atoms with van der Waals surface area (Å²) in [5.41, 5.74) is 4.05. The molecule has 0 aliphatic carbocycles. The highest BCUT2D eigenvalue weighted by Gasteiger charge is 2.25. The van der Waals surface area contributed by atoms with Gasteiger partial charge in [-0.2, -0.15) is 0 Å². The second kappa shape index (κ2) is 5.71. The maximum Gasteiger partial charge on any atom is 0.241 e. The Morgan fingerprint density at radius 2 is 2.12 bits per heavy atom. The van der Waals surface area contributed by atoms with Gasteiger partial charge in [-0.25, -0.2) is 0 Å². The molecule has 0 aromatic heterocycles. The third-order valence-corrected chi connectivity index (χ3v) is 3.29. The topological polar surface area (TPSA) is 32.3 Å². The lowest BCUT2D eigenvalue weighted by atomic mass is 9.96. The van der Waals surface area contributed by atoms with Crippen LogP contribution in [0.1, 0.15) is 32.6 Å². The first-order chi connectivity index (χ1) is 8.31. The second-order valence-corrected chi connectivity index (χ2v) is 4.59.